The Kier molecular flexibility index (Phi) is 4.43. The summed E-state index contributed by atoms with van der Waals surface area (Å²) in [7, 11) is 1.59. The summed E-state index contributed by atoms with van der Waals surface area (Å²) in [5.41, 5.74) is 2.90. The van der Waals surface area contributed by atoms with E-state index < -0.39 is 0 Å². The molecule has 0 bridgehead atoms. The molecule has 8 heteroatoms. The number of thiophene rings is 1. The molecule has 1 saturated carbocycles. The molecule has 1 saturated heterocycles. The van der Waals surface area contributed by atoms with E-state index in [-0.39, 0.29) is 23.4 Å². The van der Waals surface area contributed by atoms with Crippen LogP contribution in [0.4, 0.5) is 20.8 Å². The number of ether oxygens (including phenoxy) is 1. The zero-order valence-corrected chi connectivity index (χ0v) is 17.4. The molecule has 2 aliphatic heterocycles. The molecule has 1 aromatic heterocycles. The summed E-state index contributed by atoms with van der Waals surface area (Å²) in [6.07, 6.45) is 2.44. The second-order valence-electron chi connectivity index (χ2n) is 7.88. The Bertz CT molecular complexity index is 996. The highest BCUT2D eigenvalue weighted by atomic mass is 32.1. The second-order valence-corrected chi connectivity index (χ2v) is 8.88. The summed E-state index contributed by atoms with van der Waals surface area (Å²) in [4.78, 5) is 16.6. The molecule has 0 atom stereocenters. The number of piperazine rings is 1. The van der Waals surface area contributed by atoms with E-state index >= 15 is 4.39 Å². The van der Waals surface area contributed by atoms with E-state index in [9.17, 15) is 9.90 Å². The molecular formula is C21H24FN3O3S. The average molecular weight is 418 g/mol. The third kappa shape index (κ3) is 2.88. The number of carbonyl (C=O) groups is 1. The summed E-state index contributed by atoms with van der Waals surface area (Å²) >= 11 is 1.33. The largest absolute Gasteiger partial charge is 0.506 e. The minimum atomic E-state index is -0.303. The first-order chi connectivity index (χ1) is 14.0. The SMILES string of the molecule is COc1c(N2CCNCC2)c(F)cc2c1N(C1CC1)c1sc(C(C)=O)c(O)c1C2. The summed E-state index contributed by atoms with van der Waals surface area (Å²) in [5, 5.41) is 14.9. The van der Waals surface area contributed by atoms with Crippen molar-refractivity contribution in [2.45, 2.75) is 32.2 Å². The van der Waals surface area contributed by atoms with Crippen molar-refractivity contribution in [3.8, 4) is 11.5 Å². The monoisotopic (exact) mass is 417 g/mol. The predicted octanol–water partition coefficient (Wildman–Crippen LogP) is 3.42. The van der Waals surface area contributed by atoms with Crippen LogP contribution in [-0.4, -0.2) is 50.2 Å². The molecule has 0 radical (unpaired) electrons. The third-order valence-corrected chi connectivity index (χ3v) is 7.24. The van der Waals surface area contributed by atoms with Gasteiger partial charge in [-0.25, -0.2) is 4.39 Å². The normalized spacial score (nSPS) is 18.4. The number of ketones is 1. The Balaban J connectivity index is 1.71. The van der Waals surface area contributed by atoms with Crippen LogP contribution < -0.4 is 19.9 Å². The summed E-state index contributed by atoms with van der Waals surface area (Å²) < 4.78 is 21.1. The lowest BCUT2D eigenvalue weighted by molar-refractivity contribution is 0.101. The highest BCUT2D eigenvalue weighted by molar-refractivity contribution is 7.18. The first kappa shape index (κ1) is 18.7. The number of anilines is 3. The molecule has 2 aromatic rings. The van der Waals surface area contributed by atoms with E-state index in [0.29, 0.717) is 22.7 Å². The molecule has 1 aromatic carbocycles. The Morgan fingerprint density at radius 2 is 2.03 bits per heavy atom. The number of benzene rings is 1. The minimum absolute atomic E-state index is 0.0411. The Morgan fingerprint density at radius 1 is 1.31 bits per heavy atom. The summed E-state index contributed by atoms with van der Waals surface area (Å²) in [6, 6.07) is 1.86. The fourth-order valence-corrected chi connectivity index (χ4v) is 5.63. The zero-order valence-electron chi connectivity index (χ0n) is 16.5. The van der Waals surface area contributed by atoms with Crippen molar-refractivity contribution in [2.24, 2.45) is 0 Å². The van der Waals surface area contributed by atoms with Crippen LogP contribution in [-0.2, 0) is 6.42 Å². The number of aromatic hydroxyl groups is 1. The molecular weight excluding hydrogens is 393 g/mol. The first-order valence-electron chi connectivity index (χ1n) is 10.0. The topological polar surface area (TPSA) is 65.0 Å². The van der Waals surface area contributed by atoms with Crippen LogP contribution in [0.2, 0.25) is 0 Å². The average Bonchev–Trinajstić information content (AvgIpc) is 3.50. The van der Waals surface area contributed by atoms with Gasteiger partial charge in [0.1, 0.15) is 21.3 Å². The number of Topliss-reactive ketones (excluding diaryl/α,β-unsaturated/α-hetero) is 1. The number of nitrogens with zero attached hydrogens (tertiary/aromatic N) is 2. The molecule has 0 unspecified atom stereocenters. The molecule has 29 heavy (non-hydrogen) atoms. The lowest BCUT2D eigenvalue weighted by atomic mass is 9.96. The van der Waals surface area contributed by atoms with Gasteiger partial charge in [-0.2, -0.15) is 0 Å². The van der Waals surface area contributed by atoms with Crippen molar-refractivity contribution in [3.05, 3.63) is 27.9 Å². The van der Waals surface area contributed by atoms with E-state index in [1.54, 1.807) is 13.2 Å². The number of nitrogens with one attached hydrogen (secondary N) is 1. The maximum atomic E-state index is 15.3. The number of hydrogen-bond donors (Lipinski definition) is 2. The van der Waals surface area contributed by atoms with Gasteiger partial charge in [-0.05, 0) is 24.5 Å². The van der Waals surface area contributed by atoms with Crippen molar-refractivity contribution >= 4 is 33.5 Å². The van der Waals surface area contributed by atoms with Crippen molar-refractivity contribution in [3.63, 3.8) is 0 Å². The zero-order chi connectivity index (χ0) is 20.3. The number of methoxy groups -OCH3 is 1. The summed E-state index contributed by atoms with van der Waals surface area (Å²) in [6.45, 7) is 4.51. The van der Waals surface area contributed by atoms with Gasteiger partial charge < -0.3 is 25.0 Å². The van der Waals surface area contributed by atoms with E-state index in [1.807, 2.05) is 4.90 Å². The number of rotatable bonds is 4. The minimum Gasteiger partial charge on any atom is -0.506 e. The summed E-state index contributed by atoms with van der Waals surface area (Å²) in [5.74, 6) is 0.139. The van der Waals surface area contributed by atoms with Gasteiger partial charge in [-0.15, -0.1) is 11.3 Å². The fourth-order valence-electron chi connectivity index (χ4n) is 4.44. The predicted molar refractivity (Wildman–Crippen MR) is 112 cm³/mol. The molecule has 0 spiro atoms. The van der Waals surface area contributed by atoms with Gasteiger partial charge in [0.2, 0.25) is 0 Å². The second kappa shape index (κ2) is 6.88. The molecule has 3 heterocycles. The quantitative estimate of drug-likeness (QED) is 0.744. The third-order valence-electron chi connectivity index (χ3n) is 5.92. The highest BCUT2D eigenvalue weighted by Crippen LogP contribution is 2.57. The van der Waals surface area contributed by atoms with E-state index in [2.05, 4.69) is 10.2 Å². The molecule has 5 rings (SSSR count). The molecule has 2 fully saturated rings. The van der Waals surface area contributed by atoms with Crippen LogP contribution >= 0.6 is 11.3 Å². The van der Waals surface area contributed by atoms with Crippen LogP contribution in [0.1, 0.15) is 40.6 Å². The first-order valence-corrected chi connectivity index (χ1v) is 10.8. The molecule has 2 N–H and O–H groups in total. The van der Waals surface area contributed by atoms with E-state index in [4.69, 9.17) is 4.74 Å². The lowest BCUT2D eigenvalue weighted by Crippen LogP contribution is -2.44. The van der Waals surface area contributed by atoms with Crippen LogP contribution in [0.5, 0.6) is 11.5 Å². The van der Waals surface area contributed by atoms with Gasteiger partial charge in [-0.3, -0.25) is 4.79 Å². The molecule has 3 aliphatic rings. The smallest absolute Gasteiger partial charge is 0.173 e. The lowest BCUT2D eigenvalue weighted by Gasteiger charge is -2.36. The maximum absolute atomic E-state index is 15.3. The standard InChI is InChI=1S/C21H24FN3O3S/c1-11(26)20-18(27)14-9-12-10-15(22)17(24-7-5-23-6-8-24)19(28-2)16(12)25(13-3-4-13)21(14)29-20/h10,13,23,27H,3-9H2,1-2H3. The molecule has 1 aliphatic carbocycles. The Morgan fingerprint density at radius 3 is 2.66 bits per heavy atom. The Labute approximate surface area is 172 Å². The van der Waals surface area contributed by atoms with Crippen LogP contribution in [0.25, 0.3) is 0 Å². The van der Waals surface area contributed by atoms with Gasteiger partial charge in [-0.1, -0.05) is 0 Å². The van der Waals surface area contributed by atoms with Crippen molar-refractivity contribution in [1.82, 2.24) is 5.32 Å². The van der Waals surface area contributed by atoms with Crippen LogP contribution in [0.15, 0.2) is 6.07 Å². The van der Waals surface area contributed by atoms with E-state index in [1.165, 1.54) is 18.3 Å². The van der Waals surface area contributed by atoms with Gasteiger partial charge in [0.15, 0.2) is 17.3 Å². The van der Waals surface area contributed by atoms with Gasteiger partial charge >= 0.3 is 0 Å². The van der Waals surface area contributed by atoms with Crippen LogP contribution in [0.3, 0.4) is 0 Å². The van der Waals surface area contributed by atoms with Gasteiger partial charge in [0.05, 0.1) is 12.8 Å². The molecule has 154 valence electrons. The van der Waals surface area contributed by atoms with Crippen LogP contribution in [0, 0.1) is 5.82 Å². The Hall–Kier alpha value is -2.32. The number of halogens is 1. The van der Waals surface area contributed by atoms with Crippen molar-refractivity contribution in [1.29, 1.82) is 0 Å². The number of hydrogen-bond acceptors (Lipinski definition) is 7. The maximum Gasteiger partial charge on any atom is 0.173 e. The van der Waals surface area contributed by atoms with Gasteiger partial charge in [0, 0.05) is 51.1 Å². The van der Waals surface area contributed by atoms with E-state index in [0.717, 1.165) is 60.8 Å². The molecule has 0 amide bonds. The van der Waals surface area contributed by atoms with Gasteiger partial charge in [0.25, 0.3) is 0 Å². The number of fused-ring (bicyclic) bond motifs is 2. The number of carbonyl (C=O) groups excluding carboxylic acids is 1. The highest BCUT2D eigenvalue weighted by Gasteiger charge is 2.42. The van der Waals surface area contributed by atoms with Crippen molar-refractivity contribution in [2.75, 3.05) is 43.1 Å². The fraction of sp³-hybridized carbons (Fsp3) is 0.476. The van der Waals surface area contributed by atoms with Crippen molar-refractivity contribution < 1.29 is 19.0 Å². The molecule has 6 nitrogen and oxygen atoms in total.